The summed E-state index contributed by atoms with van der Waals surface area (Å²) in [5, 5.41) is 9.61. The first kappa shape index (κ1) is 9.99. The van der Waals surface area contributed by atoms with Gasteiger partial charge in [-0.15, -0.1) is 0 Å². The topological polar surface area (TPSA) is 20.2 Å². The number of aliphatic hydroxyl groups is 1. The molecule has 0 spiro atoms. The van der Waals surface area contributed by atoms with Gasteiger partial charge in [0.1, 0.15) is 6.10 Å². The number of hydrogen-bond donors (Lipinski definition) is 1. The van der Waals surface area contributed by atoms with Crippen LogP contribution in [0.25, 0.3) is 0 Å². The molecule has 1 nitrogen and oxygen atoms in total. The molecule has 2 heteroatoms. The van der Waals surface area contributed by atoms with Crippen molar-refractivity contribution < 1.29 is 5.11 Å². The molecule has 0 aromatic heterocycles. The summed E-state index contributed by atoms with van der Waals surface area (Å²) in [5.41, 5.74) is 0.972. The van der Waals surface area contributed by atoms with Crippen LogP contribution in [0, 0.1) is 9.67 Å². The van der Waals surface area contributed by atoms with E-state index in [9.17, 15) is 5.11 Å². The highest BCUT2D eigenvalue weighted by molar-refractivity contribution is 14.1. The Morgan fingerprint density at radius 2 is 2.08 bits per heavy atom. The second-order valence-electron chi connectivity index (χ2n) is 2.68. The van der Waals surface area contributed by atoms with E-state index in [0.29, 0.717) is 6.10 Å². The van der Waals surface area contributed by atoms with Gasteiger partial charge in [-0.3, -0.25) is 0 Å². The molecule has 0 atom stereocenters. The summed E-state index contributed by atoms with van der Waals surface area (Å²) in [6, 6.07) is 7.88. The van der Waals surface area contributed by atoms with Crippen LogP contribution in [0.15, 0.2) is 24.3 Å². The van der Waals surface area contributed by atoms with Crippen molar-refractivity contribution in [2.45, 2.75) is 19.8 Å². The lowest BCUT2D eigenvalue weighted by molar-refractivity contribution is 0.310. The number of rotatable bonds is 3. The van der Waals surface area contributed by atoms with Crippen molar-refractivity contribution in [3.63, 3.8) is 0 Å². The maximum Gasteiger partial charge on any atom is 0.123 e. The van der Waals surface area contributed by atoms with Gasteiger partial charge in [0.2, 0.25) is 0 Å². The van der Waals surface area contributed by atoms with Crippen LogP contribution >= 0.6 is 22.6 Å². The second kappa shape index (κ2) is 4.82. The van der Waals surface area contributed by atoms with Gasteiger partial charge < -0.3 is 5.11 Å². The Morgan fingerprint density at radius 3 is 2.67 bits per heavy atom. The van der Waals surface area contributed by atoms with Crippen LogP contribution in [0.3, 0.4) is 0 Å². The second-order valence-corrected chi connectivity index (χ2v) is 3.84. The molecule has 0 aliphatic carbocycles. The van der Waals surface area contributed by atoms with E-state index in [0.717, 1.165) is 22.0 Å². The standard InChI is InChI=1S/C10H12IO/c1-2-5-10(12)8-6-3-4-7-9(8)11/h3-4,6-7,12H,2,5H2,1H3. The first-order chi connectivity index (χ1) is 5.75. The summed E-state index contributed by atoms with van der Waals surface area (Å²) in [5.74, 6) is 0. The van der Waals surface area contributed by atoms with Crippen LogP contribution in [0.4, 0.5) is 0 Å². The van der Waals surface area contributed by atoms with Crippen LogP contribution in [-0.4, -0.2) is 5.11 Å². The highest BCUT2D eigenvalue weighted by atomic mass is 127. The third-order valence-electron chi connectivity index (χ3n) is 1.67. The van der Waals surface area contributed by atoms with Gasteiger partial charge in [0, 0.05) is 9.13 Å². The maximum absolute atomic E-state index is 9.61. The molecule has 1 N–H and O–H groups in total. The minimum absolute atomic E-state index is 0.502. The molecular weight excluding hydrogens is 263 g/mol. The SMILES string of the molecule is CCC[C](O)c1ccccc1I. The Hall–Kier alpha value is -0.0900. The van der Waals surface area contributed by atoms with Crippen LogP contribution in [0.5, 0.6) is 0 Å². The first-order valence-corrected chi connectivity index (χ1v) is 5.13. The van der Waals surface area contributed by atoms with Gasteiger partial charge in [-0.05, 0) is 35.1 Å². The third kappa shape index (κ3) is 2.45. The molecule has 0 saturated heterocycles. The summed E-state index contributed by atoms with van der Waals surface area (Å²) < 4.78 is 1.11. The summed E-state index contributed by atoms with van der Waals surface area (Å²) in [6.45, 7) is 2.06. The summed E-state index contributed by atoms with van der Waals surface area (Å²) in [7, 11) is 0. The van der Waals surface area contributed by atoms with Gasteiger partial charge in [-0.2, -0.15) is 0 Å². The largest absolute Gasteiger partial charge is 0.382 e. The molecular formula is C10H12IO. The average Bonchev–Trinajstić information content (AvgIpc) is 2.05. The van der Waals surface area contributed by atoms with Crippen LogP contribution in [0.1, 0.15) is 25.3 Å². The first-order valence-electron chi connectivity index (χ1n) is 4.05. The smallest absolute Gasteiger partial charge is 0.123 e. The summed E-state index contributed by atoms with van der Waals surface area (Å²) >= 11 is 2.23. The van der Waals surface area contributed by atoms with Gasteiger partial charge in [0.05, 0.1) is 0 Å². The minimum Gasteiger partial charge on any atom is -0.382 e. The van der Waals surface area contributed by atoms with Crippen LogP contribution in [-0.2, 0) is 0 Å². The molecule has 0 aliphatic heterocycles. The lowest BCUT2D eigenvalue weighted by Gasteiger charge is -2.09. The molecule has 0 saturated carbocycles. The van der Waals surface area contributed by atoms with Crippen molar-refractivity contribution in [2.24, 2.45) is 0 Å². The zero-order valence-electron chi connectivity index (χ0n) is 7.05. The highest BCUT2D eigenvalue weighted by Crippen LogP contribution is 2.22. The van der Waals surface area contributed by atoms with Crippen LogP contribution in [0.2, 0.25) is 0 Å². The Morgan fingerprint density at radius 1 is 1.42 bits per heavy atom. The average molecular weight is 275 g/mol. The molecule has 65 valence electrons. The quantitative estimate of drug-likeness (QED) is 0.839. The van der Waals surface area contributed by atoms with E-state index in [1.165, 1.54) is 0 Å². The molecule has 0 unspecified atom stereocenters. The number of hydrogen-bond acceptors (Lipinski definition) is 1. The van der Waals surface area contributed by atoms with E-state index in [2.05, 4.69) is 29.5 Å². The van der Waals surface area contributed by atoms with Crippen molar-refractivity contribution >= 4 is 22.6 Å². The third-order valence-corrected chi connectivity index (χ3v) is 2.61. The van der Waals surface area contributed by atoms with E-state index in [1.807, 2.05) is 24.3 Å². The van der Waals surface area contributed by atoms with Crippen molar-refractivity contribution in [1.29, 1.82) is 0 Å². The molecule has 1 aromatic rings. The van der Waals surface area contributed by atoms with E-state index < -0.39 is 0 Å². The van der Waals surface area contributed by atoms with Gasteiger partial charge >= 0.3 is 0 Å². The molecule has 0 fully saturated rings. The van der Waals surface area contributed by atoms with Gasteiger partial charge in [0.25, 0.3) is 0 Å². The molecule has 12 heavy (non-hydrogen) atoms. The van der Waals surface area contributed by atoms with Crippen molar-refractivity contribution in [3.05, 3.63) is 39.5 Å². The molecule has 1 aromatic carbocycles. The number of aliphatic hydroxyl groups excluding tert-OH is 1. The van der Waals surface area contributed by atoms with E-state index in [4.69, 9.17) is 0 Å². The van der Waals surface area contributed by atoms with E-state index in [-0.39, 0.29) is 0 Å². The predicted octanol–water partition coefficient (Wildman–Crippen LogP) is 3.34. The van der Waals surface area contributed by atoms with Crippen molar-refractivity contribution in [1.82, 2.24) is 0 Å². The molecule has 0 amide bonds. The summed E-state index contributed by atoms with van der Waals surface area (Å²) in [4.78, 5) is 0. The van der Waals surface area contributed by atoms with E-state index >= 15 is 0 Å². The Bertz CT molecular complexity index is 247. The van der Waals surface area contributed by atoms with Gasteiger partial charge in [-0.1, -0.05) is 31.5 Å². The lowest BCUT2D eigenvalue weighted by atomic mass is 10.1. The van der Waals surface area contributed by atoms with E-state index in [1.54, 1.807) is 0 Å². The Balaban J connectivity index is 2.79. The Kier molecular flexibility index (Phi) is 4.01. The fourth-order valence-corrected chi connectivity index (χ4v) is 1.77. The number of benzene rings is 1. The molecule has 1 radical (unpaired) electrons. The normalized spacial score (nSPS) is 10.7. The molecule has 0 aliphatic rings. The predicted molar refractivity (Wildman–Crippen MR) is 58.3 cm³/mol. The minimum atomic E-state index is 0.502. The van der Waals surface area contributed by atoms with Gasteiger partial charge in [-0.25, -0.2) is 0 Å². The monoisotopic (exact) mass is 275 g/mol. The lowest BCUT2D eigenvalue weighted by Crippen LogP contribution is -1.99. The zero-order chi connectivity index (χ0) is 8.97. The van der Waals surface area contributed by atoms with Crippen molar-refractivity contribution in [2.75, 3.05) is 0 Å². The zero-order valence-corrected chi connectivity index (χ0v) is 9.21. The van der Waals surface area contributed by atoms with Crippen LogP contribution < -0.4 is 0 Å². The number of halogens is 1. The van der Waals surface area contributed by atoms with Crippen molar-refractivity contribution in [3.8, 4) is 0 Å². The molecule has 0 heterocycles. The fourth-order valence-electron chi connectivity index (χ4n) is 1.07. The summed E-state index contributed by atoms with van der Waals surface area (Å²) in [6.07, 6.45) is 2.25. The fraction of sp³-hybridized carbons (Fsp3) is 0.300. The molecule has 1 rings (SSSR count). The maximum atomic E-state index is 9.61. The Labute approximate surface area is 86.9 Å². The van der Waals surface area contributed by atoms with Gasteiger partial charge in [0.15, 0.2) is 0 Å². The molecule has 0 bridgehead atoms. The highest BCUT2D eigenvalue weighted by Gasteiger charge is 2.09.